The lowest BCUT2D eigenvalue weighted by atomic mass is 10.0. The molecular formula is C12H20N2O3. The molecule has 5 nitrogen and oxygen atoms in total. The summed E-state index contributed by atoms with van der Waals surface area (Å²) < 4.78 is 5.24. The van der Waals surface area contributed by atoms with Crippen molar-refractivity contribution in [2.45, 2.75) is 45.8 Å². The SMILES string of the molecule is CC1=CCN(C(=O)OC(C)(C)C)[C@H](C(N)=O)C1. The lowest BCUT2D eigenvalue weighted by Crippen LogP contribution is -2.51. The van der Waals surface area contributed by atoms with Crippen molar-refractivity contribution in [1.29, 1.82) is 0 Å². The highest BCUT2D eigenvalue weighted by molar-refractivity contribution is 5.85. The first kappa shape index (κ1) is 13.5. The molecule has 0 aromatic carbocycles. The predicted molar refractivity (Wildman–Crippen MR) is 64.3 cm³/mol. The first-order chi connectivity index (χ1) is 7.70. The second-order valence-electron chi connectivity index (χ2n) is 5.31. The Kier molecular flexibility index (Phi) is 3.80. The van der Waals surface area contributed by atoms with Crippen LogP contribution in [0.2, 0.25) is 0 Å². The molecule has 0 saturated heterocycles. The highest BCUT2D eigenvalue weighted by Gasteiger charge is 2.33. The van der Waals surface area contributed by atoms with Gasteiger partial charge in [-0.2, -0.15) is 0 Å². The van der Waals surface area contributed by atoms with Crippen LogP contribution < -0.4 is 5.73 Å². The smallest absolute Gasteiger partial charge is 0.411 e. The van der Waals surface area contributed by atoms with Gasteiger partial charge in [-0.15, -0.1) is 0 Å². The Morgan fingerprint density at radius 2 is 2.06 bits per heavy atom. The van der Waals surface area contributed by atoms with Crippen LogP contribution in [-0.4, -0.2) is 35.1 Å². The van der Waals surface area contributed by atoms with Gasteiger partial charge in [-0.05, 0) is 34.1 Å². The molecule has 17 heavy (non-hydrogen) atoms. The van der Waals surface area contributed by atoms with E-state index in [-0.39, 0.29) is 0 Å². The fourth-order valence-corrected chi connectivity index (χ4v) is 1.66. The summed E-state index contributed by atoms with van der Waals surface area (Å²) in [6, 6.07) is -0.602. The zero-order valence-electron chi connectivity index (χ0n) is 10.8. The summed E-state index contributed by atoms with van der Waals surface area (Å²) in [5.41, 5.74) is 5.80. The molecule has 1 heterocycles. The van der Waals surface area contributed by atoms with Crippen LogP contribution in [0.4, 0.5) is 4.79 Å². The van der Waals surface area contributed by atoms with E-state index in [0.717, 1.165) is 5.57 Å². The van der Waals surface area contributed by atoms with Crippen LogP contribution >= 0.6 is 0 Å². The summed E-state index contributed by atoms with van der Waals surface area (Å²) in [5, 5.41) is 0. The van der Waals surface area contributed by atoms with Gasteiger partial charge in [0.1, 0.15) is 11.6 Å². The number of hydrogen-bond donors (Lipinski definition) is 1. The molecule has 1 atom stereocenters. The Labute approximate surface area is 102 Å². The molecule has 1 aliphatic rings. The van der Waals surface area contributed by atoms with Gasteiger partial charge in [0.15, 0.2) is 0 Å². The van der Waals surface area contributed by atoms with Crippen molar-refractivity contribution in [3.8, 4) is 0 Å². The standard InChI is InChI=1S/C12H20N2O3/c1-8-5-6-14(9(7-8)10(13)15)11(16)17-12(2,3)4/h5,9H,6-7H2,1-4H3,(H2,13,15)/t9-/m0/s1. The summed E-state index contributed by atoms with van der Waals surface area (Å²) in [6.45, 7) is 7.65. The van der Waals surface area contributed by atoms with Crippen molar-refractivity contribution in [1.82, 2.24) is 4.90 Å². The Balaban J connectivity index is 2.81. The first-order valence-electron chi connectivity index (χ1n) is 5.65. The lowest BCUT2D eigenvalue weighted by molar-refractivity contribution is -0.123. The average molecular weight is 240 g/mol. The topological polar surface area (TPSA) is 72.6 Å². The molecule has 0 fully saturated rings. The fraction of sp³-hybridized carbons (Fsp3) is 0.667. The number of ether oxygens (including phenoxy) is 1. The zero-order chi connectivity index (χ0) is 13.2. The van der Waals surface area contributed by atoms with Gasteiger partial charge in [-0.3, -0.25) is 9.69 Å². The van der Waals surface area contributed by atoms with Gasteiger partial charge in [-0.1, -0.05) is 11.6 Å². The number of carbonyl (C=O) groups excluding carboxylic acids is 2. The molecule has 0 saturated carbocycles. The number of amides is 2. The molecule has 0 bridgehead atoms. The van der Waals surface area contributed by atoms with Gasteiger partial charge < -0.3 is 10.5 Å². The third kappa shape index (κ3) is 3.76. The van der Waals surface area contributed by atoms with Crippen LogP contribution in [0.5, 0.6) is 0 Å². The molecule has 0 radical (unpaired) electrons. The lowest BCUT2D eigenvalue weighted by Gasteiger charge is -2.34. The Morgan fingerprint density at radius 3 is 2.53 bits per heavy atom. The predicted octanol–water partition coefficient (Wildman–Crippen LogP) is 1.43. The zero-order valence-corrected chi connectivity index (χ0v) is 10.8. The maximum Gasteiger partial charge on any atom is 0.411 e. The molecule has 0 aromatic rings. The van der Waals surface area contributed by atoms with E-state index in [1.54, 1.807) is 20.8 Å². The van der Waals surface area contributed by atoms with Crippen molar-refractivity contribution >= 4 is 12.0 Å². The molecule has 1 aliphatic heterocycles. The summed E-state index contributed by atoms with van der Waals surface area (Å²) >= 11 is 0. The van der Waals surface area contributed by atoms with Crippen LogP contribution in [0.25, 0.3) is 0 Å². The maximum absolute atomic E-state index is 11.9. The molecule has 0 spiro atoms. The minimum Gasteiger partial charge on any atom is -0.444 e. The quantitative estimate of drug-likeness (QED) is 0.705. The van der Waals surface area contributed by atoms with E-state index in [2.05, 4.69) is 0 Å². The molecule has 1 rings (SSSR count). The van der Waals surface area contributed by atoms with Crippen LogP contribution in [0, 0.1) is 0 Å². The third-order valence-electron chi connectivity index (χ3n) is 2.48. The van der Waals surface area contributed by atoms with E-state index >= 15 is 0 Å². The van der Waals surface area contributed by atoms with Crippen LogP contribution in [0.1, 0.15) is 34.1 Å². The van der Waals surface area contributed by atoms with Crippen molar-refractivity contribution in [2.75, 3.05) is 6.54 Å². The van der Waals surface area contributed by atoms with Gasteiger partial charge in [0.25, 0.3) is 0 Å². The number of nitrogens with two attached hydrogens (primary N) is 1. The van der Waals surface area contributed by atoms with E-state index in [4.69, 9.17) is 10.5 Å². The maximum atomic E-state index is 11.9. The molecular weight excluding hydrogens is 220 g/mol. The van der Waals surface area contributed by atoms with Gasteiger partial charge in [0, 0.05) is 6.54 Å². The Hall–Kier alpha value is -1.52. The minimum absolute atomic E-state index is 0.369. The van der Waals surface area contributed by atoms with Crippen LogP contribution in [0.15, 0.2) is 11.6 Å². The average Bonchev–Trinajstić information content (AvgIpc) is 2.14. The molecule has 0 aliphatic carbocycles. The molecule has 5 heteroatoms. The van der Waals surface area contributed by atoms with Crippen molar-refractivity contribution in [3.63, 3.8) is 0 Å². The van der Waals surface area contributed by atoms with E-state index in [0.29, 0.717) is 13.0 Å². The second kappa shape index (κ2) is 4.77. The largest absolute Gasteiger partial charge is 0.444 e. The monoisotopic (exact) mass is 240 g/mol. The van der Waals surface area contributed by atoms with Crippen molar-refractivity contribution in [3.05, 3.63) is 11.6 Å². The van der Waals surface area contributed by atoms with Crippen LogP contribution in [0.3, 0.4) is 0 Å². The summed E-state index contributed by atoms with van der Waals surface area (Å²) in [5.74, 6) is -0.497. The summed E-state index contributed by atoms with van der Waals surface area (Å²) in [4.78, 5) is 24.6. The molecule has 2 N–H and O–H groups in total. The van der Waals surface area contributed by atoms with Crippen molar-refractivity contribution in [2.24, 2.45) is 5.73 Å². The Morgan fingerprint density at radius 1 is 1.47 bits per heavy atom. The summed E-state index contributed by atoms with van der Waals surface area (Å²) in [6.07, 6.45) is 1.89. The second-order valence-corrected chi connectivity index (χ2v) is 5.31. The molecule has 0 unspecified atom stereocenters. The third-order valence-corrected chi connectivity index (χ3v) is 2.48. The number of rotatable bonds is 1. The number of nitrogens with zero attached hydrogens (tertiary/aromatic N) is 1. The first-order valence-corrected chi connectivity index (χ1v) is 5.65. The highest BCUT2D eigenvalue weighted by Crippen LogP contribution is 2.20. The Bertz CT molecular complexity index is 355. The van der Waals surface area contributed by atoms with E-state index in [1.807, 2.05) is 13.0 Å². The molecule has 96 valence electrons. The van der Waals surface area contributed by atoms with Gasteiger partial charge in [-0.25, -0.2) is 4.79 Å². The van der Waals surface area contributed by atoms with E-state index < -0.39 is 23.6 Å². The van der Waals surface area contributed by atoms with E-state index in [9.17, 15) is 9.59 Å². The number of hydrogen-bond acceptors (Lipinski definition) is 3. The van der Waals surface area contributed by atoms with Gasteiger partial charge >= 0.3 is 6.09 Å². The summed E-state index contributed by atoms with van der Waals surface area (Å²) in [7, 11) is 0. The molecule has 2 amide bonds. The fourth-order valence-electron chi connectivity index (χ4n) is 1.66. The number of primary amides is 1. The molecule has 0 aromatic heterocycles. The highest BCUT2D eigenvalue weighted by atomic mass is 16.6. The van der Waals surface area contributed by atoms with Gasteiger partial charge in [0.2, 0.25) is 5.91 Å². The number of carbonyl (C=O) groups is 2. The normalized spacial score (nSPS) is 20.8. The van der Waals surface area contributed by atoms with Crippen LogP contribution in [-0.2, 0) is 9.53 Å². The minimum atomic E-state index is -0.602. The van der Waals surface area contributed by atoms with Crippen molar-refractivity contribution < 1.29 is 14.3 Å². The van der Waals surface area contributed by atoms with E-state index in [1.165, 1.54) is 4.90 Å². The van der Waals surface area contributed by atoms with Gasteiger partial charge in [0.05, 0.1) is 0 Å².